The van der Waals surface area contributed by atoms with Crippen molar-refractivity contribution in [2.75, 3.05) is 13.7 Å². The van der Waals surface area contributed by atoms with Crippen LogP contribution in [0.3, 0.4) is 0 Å². The number of aryl methyl sites for hydroxylation is 1. The summed E-state index contributed by atoms with van der Waals surface area (Å²) in [5.41, 5.74) is 1.54. The number of nitrogens with one attached hydrogen (secondary N) is 1. The average Bonchev–Trinajstić information content (AvgIpc) is 3.09. The van der Waals surface area contributed by atoms with Crippen LogP contribution in [0.1, 0.15) is 10.5 Å². The maximum absolute atomic E-state index is 12.5. The second-order valence-electron chi connectivity index (χ2n) is 6.29. The highest BCUT2D eigenvalue weighted by atomic mass is 16.5. The number of hydrogen-bond donors (Lipinski definition) is 2. The lowest BCUT2D eigenvalue weighted by Gasteiger charge is -2.13. The molecule has 0 saturated carbocycles. The number of pyridine rings is 1. The smallest absolute Gasteiger partial charge is 0.269 e. The SMILES string of the molecule is COc1ccccc1-c1cc(C(=O)NCC(O)Cn2ccccc2=O)n(C)n1. The van der Waals surface area contributed by atoms with Crippen molar-refractivity contribution in [2.24, 2.45) is 7.05 Å². The van der Waals surface area contributed by atoms with E-state index >= 15 is 0 Å². The van der Waals surface area contributed by atoms with Crippen molar-refractivity contribution >= 4 is 5.91 Å². The van der Waals surface area contributed by atoms with Crippen LogP contribution in [0.2, 0.25) is 0 Å². The van der Waals surface area contributed by atoms with Gasteiger partial charge in [-0.2, -0.15) is 5.10 Å². The second kappa shape index (κ2) is 8.53. The van der Waals surface area contributed by atoms with Gasteiger partial charge in [-0.3, -0.25) is 14.3 Å². The molecule has 0 aliphatic carbocycles. The van der Waals surface area contributed by atoms with Crippen LogP contribution < -0.4 is 15.6 Å². The van der Waals surface area contributed by atoms with E-state index < -0.39 is 6.10 Å². The molecule has 28 heavy (non-hydrogen) atoms. The van der Waals surface area contributed by atoms with Gasteiger partial charge in [-0.05, 0) is 24.3 Å². The summed E-state index contributed by atoms with van der Waals surface area (Å²) < 4.78 is 8.21. The van der Waals surface area contributed by atoms with Crippen molar-refractivity contribution < 1.29 is 14.6 Å². The summed E-state index contributed by atoms with van der Waals surface area (Å²) in [5.74, 6) is 0.298. The fourth-order valence-corrected chi connectivity index (χ4v) is 2.87. The maximum Gasteiger partial charge on any atom is 0.269 e. The predicted octanol–water partition coefficient (Wildman–Crippen LogP) is 1.05. The number of benzene rings is 1. The summed E-state index contributed by atoms with van der Waals surface area (Å²) in [6.45, 7) is 0.104. The fourth-order valence-electron chi connectivity index (χ4n) is 2.87. The Bertz CT molecular complexity index is 1020. The van der Waals surface area contributed by atoms with Gasteiger partial charge < -0.3 is 19.7 Å². The highest BCUT2D eigenvalue weighted by molar-refractivity contribution is 5.93. The van der Waals surface area contributed by atoms with Gasteiger partial charge in [0.2, 0.25) is 0 Å². The molecule has 0 radical (unpaired) electrons. The number of carbonyl (C=O) groups excluding carboxylic acids is 1. The minimum absolute atomic E-state index is 0.00926. The predicted molar refractivity (Wildman–Crippen MR) is 104 cm³/mol. The Balaban J connectivity index is 1.67. The van der Waals surface area contributed by atoms with E-state index in [1.54, 1.807) is 38.6 Å². The van der Waals surface area contributed by atoms with Crippen LogP contribution in [0.15, 0.2) is 59.5 Å². The Morgan fingerprint density at radius 3 is 2.75 bits per heavy atom. The topological polar surface area (TPSA) is 98.4 Å². The van der Waals surface area contributed by atoms with Gasteiger partial charge in [0, 0.05) is 31.4 Å². The number of para-hydroxylation sites is 1. The molecule has 2 aromatic heterocycles. The lowest BCUT2D eigenvalue weighted by molar-refractivity contribution is 0.0894. The molecule has 146 valence electrons. The monoisotopic (exact) mass is 382 g/mol. The first-order valence-electron chi connectivity index (χ1n) is 8.78. The fraction of sp³-hybridized carbons (Fsp3) is 0.250. The van der Waals surface area contributed by atoms with Gasteiger partial charge in [0.25, 0.3) is 11.5 Å². The van der Waals surface area contributed by atoms with Gasteiger partial charge in [-0.1, -0.05) is 18.2 Å². The molecule has 2 N–H and O–H groups in total. The van der Waals surface area contributed by atoms with Crippen LogP contribution in [-0.2, 0) is 13.6 Å². The molecule has 0 saturated heterocycles. The zero-order chi connectivity index (χ0) is 20.1. The van der Waals surface area contributed by atoms with Crippen LogP contribution in [0, 0.1) is 0 Å². The summed E-state index contributed by atoms with van der Waals surface area (Å²) in [5, 5.41) is 17.2. The minimum Gasteiger partial charge on any atom is -0.496 e. The van der Waals surface area contributed by atoms with E-state index in [1.807, 2.05) is 24.3 Å². The lowest BCUT2D eigenvalue weighted by atomic mass is 10.1. The van der Waals surface area contributed by atoms with E-state index in [4.69, 9.17) is 4.74 Å². The number of ether oxygens (including phenoxy) is 1. The molecule has 3 aromatic rings. The third kappa shape index (κ3) is 4.29. The van der Waals surface area contributed by atoms with Crippen molar-refractivity contribution in [1.29, 1.82) is 0 Å². The maximum atomic E-state index is 12.5. The van der Waals surface area contributed by atoms with Crippen LogP contribution in [0.4, 0.5) is 0 Å². The molecule has 8 nitrogen and oxygen atoms in total. The standard InChI is InChI=1S/C20H22N4O4/c1-23-17(11-16(22-23)15-7-3-4-8-18(15)28-2)20(27)21-12-14(25)13-24-10-6-5-9-19(24)26/h3-11,14,25H,12-13H2,1-2H3,(H,21,27). The van der Waals surface area contributed by atoms with Crippen molar-refractivity contribution in [2.45, 2.75) is 12.6 Å². The van der Waals surface area contributed by atoms with Gasteiger partial charge in [0.1, 0.15) is 11.4 Å². The number of hydrogen-bond acceptors (Lipinski definition) is 5. The van der Waals surface area contributed by atoms with E-state index in [1.165, 1.54) is 15.3 Å². The molecule has 0 spiro atoms. The summed E-state index contributed by atoms with van der Waals surface area (Å²) in [6.07, 6.45) is 0.694. The number of aliphatic hydroxyl groups is 1. The Morgan fingerprint density at radius 2 is 2.00 bits per heavy atom. The molecule has 3 rings (SSSR count). The Kier molecular flexibility index (Phi) is 5.90. The molecule has 0 aliphatic heterocycles. The van der Waals surface area contributed by atoms with Crippen LogP contribution in [0.5, 0.6) is 5.75 Å². The van der Waals surface area contributed by atoms with Crippen molar-refractivity contribution in [1.82, 2.24) is 19.7 Å². The lowest BCUT2D eigenvalue weighted by Crippen LogP contribution is -2.37. The van der Waals surface area contributed by atoms with Gasteiger partial charge in [-0.15, -0.1) is 0 Å². The first-order chi connectivity index (χ1) is 13.5. The number of carbonyl (C=O) groups is 1. The highest BCUT2D eigenvalue weighted by Crippen LogP contribution is 2.28. The molecule has 1 aromatic carbocycles. The van der Waals surface area contributed by atoms with E-state index in [-0.39, 0.29) is 24.6 Å². The van der Waals surface area contributed by atoms with E-state index in [0.717, 1.165) is 5.56 Å². The molecule has 1 unspecified atom stereocenters. The quantitative estimate of drug-likeness (QED) is 0.636. The normalized spacial score (nSPS) is 11.8. The average molecular weight is 382 g/mol. The second-order valence-corrected chi connectivity index (χ2v) is 6.29. The van der Waals surface area contributed by atoms with Crippen molar-refractivity contribution in [3.63, 3.8) is 0 Å². The summed E-state index contributed by atoms with van der Waals surface area (Å²) in [6, 6.07) is 13.8. The molecule has 0 fully saturated rings. The van der Waals surface area contributed by atoms with E-state index in [9.17, 15) is 14.7 Å². The van der Waals surface area contributed by atoms with E-state index in [2.05, 4.69) is 10.4 Å². The van der Waals surface area contributed by atoms with Gasteiger partial charge in [0.05, 0.1) is 25.5 Å². The summed E-state index contributed by atoms with van der Waals surface area (Å²) in [4.78, 5) is 24.2. The first kappa shape index (κ1) is 19.4. The first-order valence-corrected chi connectivity index (χ1v) is 8.78. The highest BCUT2D eigenvalue weighted by Gasteiger charge is 2.17. The number of rotatable bonds is 7. The van der Waals surface area contributed by atoms with Gasteiger partial charge in [-0.25, -0.2) is 0 Å². The van der Waals surface area contributed by atoms with Crippen LogP contribution in [-0.4, -0.2) is 45.1 Å². The number of aliphatic hydroxyl groups excluding tert-OH is 1. The number of nitrogens with zero attached hydrogens (tertiary/aromatic N) is 3. The molecule has 8 heteroatoms. The molecule has 1 atom stereocenters. The van der Waals surface area contributed by atoms with Crippen molar-refractivity contribution in [3.8, 4) is 17.0 Å². The largest absolute Gasteiger partial charge is 0.496 e. The third-order valence-electron chi connectivity index (χ3n) is 4.30. The molecular weight excluding hydrogens is 360 g/mol. The number of aromatic nitrogens is 3. The summed E-state index contributed by atoms with van der Waals surface area (Å²) >= 11 is 0. The van der Waals surface area contributed by atoms with Crippen LogP contribution >= 0.6 is 0 Å². The third-order valence-corrected chi connectivity index (χ3v) is 4.30. The van der Waals surface area contributed by atoms with Crippen LogP contribution in [0.25, 0.3) is 11.3 Å². The van der Waals surface area contributed by atoms with Crippen molar-refractivity contribution in [3.05, 3.63) is 70.8 Å². The Labute approximate surface area is 162 Å². The van der Waals surface area contributed by atoms with Gasteiger partial charge in [0.15, 0.2) is 0 Å². The van der Waals surface area contributed by atoms with Gasteiger partial charge >= 0.3 is 0 Å². The molecule has 0 bridgehead atoms. The number of methoxy groups -OCH3 is 1. The molecule has 2 heterocycles. The number of amides is 1. The molecule has 1 amide bonds. The summed E-state index contributed by atoms with van der Waals surface area (Å²) in [7, 11) is 3.25. The Morgan fingerprint density at radius 1 is 1.25 bits per heavy atom. The Hall–Kier alpha value is -3.39. The zero-order valence-corrected chi connectivity index (χ0v) is 15.7. The molecular formula is C20H22N4O4. The minimum atomic E-state index is -0.897. The zero-order valence-electron chi connectivity index (χ0n) is 15.7. The molecule has 0 aliphatic rings. The van der Waals surface area contributed by atoms with E-state index in [0.29, 0.717) is 17.1 Å².